The number of hydrogen-bond acceptors (Lipinski definition) is 3. The zero-order chi connectivity index (χ0) is 13.8. The Hall–Kier alpha value is -2.30. The Labute approximate surface area is 111 Å². The van der Waals surface area contributed by atoms with E-state index in [0.717, 1.165) is 5.56 Å². The third kappa shape index (κ3) is 2.59. The van der Waals surface area contributed by atoms with E-state index in [1.807, 2.05) is 12.1 Å². The molecule has 0 aliphatic carbocycles. The second-order valence-corrected chi connectivity index (χ2v) is 4.26. The van der Waals surface area contributed by atoms with E-state index in [0.29, 0.717) is 18.5 Å². The summed E-state index contributed by atoms with van der Waals surface area (Å²) < 4.78 is 4.97. The maximum Gasteiger partial charge on any atom is 0.415 e. The van der Waals surface area contributed by atoms with Crippen molar-refractivity contribution >= 4 is 17.7 Å². The first kappa shape index (κ1) is 13.1. The molecule has 5 nitrogen and oxygen atoms in total. The molecular formula is C14H15NO4. The number of fused-ring (bicyclic) bond motifs is 1. The van der Waals surface area contributed by atoms with Gasteiger partial charge in [0.15, 0.2) is 0 Å². The molecule has 0 aromatic heterocycles. The lowest BCUT2D eigenvalue weighted by atomic mass is 9.96. The lowest BCUT2D eigenvalue weighted by molar-refractivity contribution is -0.138. The van der Waals surface area contributed by atoms with Crippen molar-refractivity contribution in [1.82, 2.24) is 0 Å². The number of amides is 1. The second-order valence-electron chi connectivity index (χ2n) is 4.26. The average molecular weight is 261 g/mol. The Kier molecular flexibility index (Phi) is 3.85. The lowest BCUT2D eigenvalue weighted by Gasteiger charge is -2.33. The van der Waals surface area contributed by atoms with Gasteiger partial charge in [-0.2, -0.15) is 0 Å². The monoisotopic (exact) mass is 261 g/mol. The molecule has 100 valence electrons. The van der Waals surface area contributed by atoms with Gasteiger partial charge in [-0.3, -0.25) is 4.90 Å². The molecule has 1 amide bonds. The molecule has 2 rings (SSSR count). The van der Waals surface area contributed by atoms with Crippen LogP contribution in [0.4, 0.5) is 10.5 Å². The molecule has 1 aromatic rings. The number of hydrogen-bond donors (Lipinski definition) is 1. The van der Waals surface area contributed by atoms with E-state index in [1.165, 1.54) is 11.0 Å². The summed E-state index contributed by atoms with van der Waals surface area (Å²) in [6, 6.07) is 6.39. The first-order valence-corrected chi connectivity index (χ1v) is 6.02. The standard InChI is InChI=1S/C14H15NO4/c1-2-9-19-14(18)15-11-6-4-3-5-10(11)7-8-12(15)13(16)17/h2-6,12H,1,7-9H2,(H,16,17). The van der Waals surface area contributed by atoms with E-state index in [4.69, 9.17) is 4.74 Å². The number of nitrogens with zero attached hydrogens (tertiary/aromatic N) is 1. The van der Waals surface area contributed by atoms with E-state index in [2.05, 4.69) is 6.58 Å². The van der Waals surface area contributed by atoms with Crippen LogP contribution in [0.5, 0.6) is 0 Å². The SMILES string of the molecule is C=CCOC(=O)N1c2ccccc2CCC1C(=O)O. The highest BCUT2D eigenvalue weighted by Gasteiger charge is 2.36. The highest BCUT2D eigenvalue weighted by atomic mass is 16.6. The Morgan fingerprint density at radius 1 is 1.47 bits per heavy atom. The van der Waals surface area contributed by atoms with Gasteiger partial charge in [-0.1, -0.05) is 30.9 Å². The number of benzene rings is 1. The van der Waals surface area contributed by atoms with Crippen LogP contribution in [0.1, 0.15) is 12.0 Å². The third-order valence-corrected chi connectivity index (χ3v) is 3.06. The third-order valence-electron chi connectivity index (χ3n) is 3.06. The second kappa shape index (κ2) is 5.56. The number of ether oxygens (including phenoxy) is 1. The van der Waals surface area contributed by atoms with Crippen LogP contribution >= 0.6 is 0 Å². The minimum Gasteiger partial charge on any atom is -0.480 e. The Morgan fingerprint density at radius 2 is 2.21 bits per heavy atom. The van der Waals surface area contributed by atoms with Gasteiger partial charge in [0, 0.05) is 0 Å². The van der Waals surface area contributed by atoms with E-state index < -0.39 is 18.1 Å². The normalized spacial score (nSPS) is 17.5. The van der Waals surface area contributed by atoms with E-state index in [-0.39, 0.29) is 6.61 Å². The van der Waals surface area contributed by atoms with Gasteiger partial charge in [0.1, 0.15) is 12.6 Å². The smallest absolute Gasteiger partial charge is 0.415 e. The largest absolute Gasteiger partial charge is 0.480 e. The Bertz CT molecular complexity index is 512. The van der Waals surface area contributed by atoms with Crippen molar-refractivity contribution in [1.29, 1.82) is 0 Å². The first-order chi connectivity index (χ1) is 9.15. The minimum absolute atomic E-state index is 0.0594. The van der Waals surface area contributed by atoms with Gasteiger partial charge in [-0.05, 0) is 24.5 Å². The molecule has 1 atom stereocenters. The molecule has 0 radical (unpaired) electrons. The zero-order valence-electron chi connectivity index (χ0n) is 10.4. The average Bonchev–Trinajstić information content (AvgIpc) is 2.43. The number of carbonyl (C=O) groups excluding carboxylic acids is 1. The molecule has 1 unspecified atom stereocenters. The van der Waals surface area contributed by atoms with Crippen LogP contribution in [0.2, 0.25) is 0 Å². The number of para-hydroxylation sites is 1. The molecule has 1 aliphatic heterocycles. The van der Waals surface area contributed by atoms with Gasteiger partial charge in [-0.15, -0.1) is 0 Å². The first-order valence-electron chi connectivity index (χ1n) is 6.02. The fraction of sp³-hybridized carbons (Fsp3) is 0.286. The summed E-state index contributed by atoms with van der Waals surface area (Å²) >= 11 is 0. The highest BCUT2D eigenvalue weighted by molar-refractivity contribution is 5.96. The summed E-state index contributed by atoms with van der Waals surface area (Å²) in [5, 5.41) is 9.24. The van der Waals surface area contributed by atoms with Gasteiger partial charge in [0.05, 0.1) is 5.69 Å². The molecule has 5 heteroatoms. The lowest BCUT2D eigenvalue weighted by Crippen LogP contribution is -2.48. The zero-order valence-corrected chi connectivity index (χ0v) is 10.4. The summed E-state index contributed by atoms with van der Waals surface area (Å²) in [7, 11) is 0. The number of anilines is 1. The molecule has 0 saturated heterocycles. The summed E-state index contributed by atoms with van der Waals surface area (Å²) in [4.78, 5) is 24.5. The predicted octanol–water partition coefficient (Wildman–Crippen LogP) is 2.21. The van der Waals surface area contributed by atoms with Gasteiger partial charge in [-0.25, -0.2) is 9.59 Å². The van der Waals surface area contributed by atoms with Crippen LogP contribution < -0.4 is 4.90 Å². The number of aryl methyl sites for hydroxylation is 1. The molecule has 19 heavy (non-hydrogen) atoms. The number of carbonyl (C=O) groups is 2. The minimum atomic E-state index is -1.02. The predicted molar refractivity (Wildman–Crippen MR) is 70.2 cm³/mol. The van der Waals surface area contributed by atoms with Crippen molar-refractivity contribution in [2.45, 2.75) is 18.9 Å². The number of aliphatic carboxylic acids is 1. The van der Waals surface area contributed by atoms with E-state index in [1.54, 1.807) is 12.1 Å². The molecule has 0 bridgehead atoms. The molecule has 0 spiro atoms. The maximum atomic E-state index is 12.0. The topological polar surface area (TPSA) is 66.8 Å². The molecule has 0 saturated carbocycles. The summed E-state index contributed by atoms with van der Waals surface area (Å²) in [6.45, 7) is 3.52. The molecule has 1 heterocycles. The molecular weight excluding hydrogens is 246 g/mol. The van der Waals surface area contributed by atoms with Gasteiger partial charge in [0.2, 0.25) is 0 Å². The Balaban J connectivity index is 2.35. The maximum absolute atomic E-state index is 12.0. The fourth-order valence-electron chi connectivity index (χ4n) is 2.21. The van der Waals surface area contributed by atoms with Crippen LogP contribution in [-0.4, -0.2) is 29.8 Å². The molecule has 1 aliphatic rings. The van der Waals surface area contributed by atoms with Crippen LogP contribution in [0.15, 0.2) is 36.9 Å². The van der Waals surface area contributed by atoms with E-state index in [9.17, 15) is 14.7 Å². The highest BCUT2D eigenvalue weighted by Crippen LogP contribution is 2.31. The van der Waals surface area contributed by atoms with Crippen LogP contribution in [0, 0.1) is 0 Å². The van der Waals surface area contributed by atoms with Crippen molar-refractivity contribution in [2.24, 2.45) is 0 Å². The van der Waals surface area contributed by atoms with Crippen molar-refractivity contribution in [3.63, 3.8) is 0 Å². The van der Waals surface area contributed by atoms with Gasteiger partial charge in [0.25, 0.3) is 0 Å². The van der Waals surface area contributed by atoms with Crippen molar-refractivity contribution in [3.05, 3.63) is 42.5 Å². The molecule has 1 aromatic carbocycles. The molecule has 0 fully saturated rings. The summed E-state index contributed by atoms with van der Waals surface area (Å²) in [5.74, 6) is -1.02. The van der Waals surface area contributed by atoms with E-state index >= 15 is 0 Å². The fourth-order valence-corrected chi connectivity index (χ4v) is 2.21. The van der Waals surface area contributed by atoms with Gasteiger partial charge < -0.3 is 9.84 Å². The summed E-state index contributed by atoms with van der Waals surface area (Å²) in [5.41, 5.74) is 1.56. The number of carboxylic acids is 1. The molecule has 1 N–H and O–H groups in total. The number of rotatable bonds is 3. The van der Waals surface area contributed by atoms with Crippen molar-refractivity contribution in [2.75, 3.05) is 11.5 Å². The van der Waals surface area contributed by atoms with Crippen LogP contribution in [-0.2, 0) is 16.0 Å². The summed E-state index contributed by atoms with van der Waals surface area (Å²) in [6.07, 6.45) is 1.82. The Morgan fingerprint density at radius 3 is 2.89 bits per heavy atom. The van der Waals surface area contributed by atoms with Gasteiger partial charge >= 0.3 is 12.1 Å². The number of carboxylic acid groups (broad SMARTS) is 1. The van der Waals surface area contributed by atoms with Crippen LogP contribution in [0.3, 0.4) is 0 Å². The quantitative estimate of drug-likeness (QED) is 0.847. The van der Waals surface area contributed by atoms with Crippen LogP contribution in [0.25, 0.3) is 0 Å². The van der Waals surface area contributed by atoms with Crippen molar-refractivity contribution < 1.29 is 19.4 Å². The van der Waals surface area contributed by atoms with Crippen molar-refractivity contribution in [3.8, 4) is 0 Å².